The monoisotopic (exact) mass is 523 g/mol. The molecule has 3 rings (SSSR count). The van der Waals surface area contributed by atoms with Gasteiger partial charge in [-0.3, -0.25) is 9.11 Å². The van der Waals surface area contributed by atoms with Crippen LogP contribution in [-0.2, 0) is 48.2 Å². The number of aliphatic carboxylic acids is 1. The number of carboxylic acid groups (broad SMARTS) is 1. The van der Waals surface area contributed by atoms with Gasteiger partial charge in [0.05, 0.1) is 12.7 Å². The molecule has 2 saturated heterocycles. The molecule has 2 fully saturated rings. The summed E-state index contributed by atoms with van der Waals surface area (Å²) < 4.78 is 88.0. The van der Waals surface area contributed by atoms with E-state index < -0.39 is 94.4 Å². The van der Waals surface area contributed by atoms with E-state index in [2.05, 4.69) is 13.4 Å². The van der Waals surface area contributed by atoms with Gasteiger partial charge in [0.2, 0.25) is 6.29 Å². The number of aliphatic hydroxyl groups excluding tert-OH is 3. The molecule has 17 nitrogen and oxygen atoms in total. The molecule has 19 heteroatoms. The van der Waals surface area contributed by atoms with E-state index in [1.807, 2.05) is 0 Å². The predicted octanol–water partition coefficient (Wildman–Crippen LogP) is -3.91. The molecule has 0 aromatic heterocycles. The lowest BCUT2D eigenvalue weighted by Crippen LogP contribution is -2.67. The summed E-state index contributed by atoms with van der Waals surface area (Å²) in [5, 5.41) is 39.9. The quantitative estimate of drug-likeness (QED) is 0.174. The van der Waals surface area contributed by atoms with Crippen molar-refractivity contribution in [1.29, 1.82) is 0 Å². The van der Waals surface area contributed by atoms with Crippen LogP contribution < -0.4 is 0 Å². The number of hydrogen-bond acceptors (Lipinski definition) is 14. The van der Waals surface area contributed by atoms with Gasteiger partial charge in [-0.25, -0.2) is 18.2 Å². The summed E-state index contributed by atoms with van der Waals surface area (Å²) in [6.45, 7) is 0.273. The van der Waals surface area contributed by atoms with Crippen LogP contribution in [0.5, 0.6) is 0 Å². The second-order valence-electron chi connectivity index (χ2n) is 7.41. The number of ether oxygens (including phenoxy) is 3. The Bertz CT molecular complexity index is 997. The standard InChI is InChI=1S/C14H21NO16S2/c1-3-15-6-5(11-8(17)7(16)9(18)12(30-11)13(19)20)10(31-33(24,25)26)4(29-14(6)28-3)2-27-32(21,22)23/h4-12,14,16-18H,2H2,1H3,(H,19,20)(H,21,22,23)(H,24,25,26)/t4-,5?,6-,7-,8-,9+,10+,11+,12+,14+/m1/s1. The van der Waals surface area contributed by atoms with Gasteiger partial charge in [-0.15, -0.1) is 0 Å². The van der Waals surface area contributed by atoms with Crippen molar-refractivity contribution in [3.63, 3.8) is 0 Å². The number of nitrogens with zero attached hydrogens (tertiary/aromatic N) is 1. The van der Waals surface area contributed by atoms with Crippen LogP contribution in [0.15, 0.2) is 4.99 Å². The van der Waals surface area contributed by atoms with Crippen molar-refractivity contribution < 1.29 is 73.7 Å². The van der Waals surface area contributed by atoms with Crippen LogP contribution >= 0.6 is 0 Å². The van der Waals surface area contributed by atoms with Crippen molar-refractivity contribution in [2.75, 3.05) is 6.61 Å². The molecule has 0 saturated carbocycles. The minimum atomic E-state index is -5.30. The predicted molar refractivity (Wildman–Crippen MR) is 98.4 cm³/mol. The van der Waals surface area contributed by atoms with Gasteiger partial charge in [-0.2, -0.15) is 16.8 Å². The number of carbonyl (C=O) groups is 1. The zero-order valence-electron chi connectivity index (χ0n) is 16.5. The van der Waals surface area contributed by atoms with Gasteiger partial charge in [-0.1, -0.05) is 0 Å². The van der Waals surface area contributed by atoms with Crippen LogP contribution in [0.25, 0.3) is 0 Å². The summed E-state index contributed by atoms with van der Waals surface area (Å²) in [6.07, 6.45) is -15.2. The number of aliphatic hydroxyl groups is 3. The first-order chi connectivity index (χ1) is 15.1. The number of rotatable bonds is 7. The topological polar surface area (TPSA) is 265 Å². The average molecular weight is 523 g/mol. The van der Waals surface area contributed by atoms with Crippen LogP contribution in [0, 0.1) is 5.92 Å². The average Bonchev–Trinajstić information content (AvgIpc) is 3.03. The van der Waals surface area contributed by atoms with Crippen molar-refractivity contribution in [3.05, 3.63) is 0 Å². The third kappa shape index (κ3) is 5.77. The second-order valence-corrected chi connectivity index (χ2v) is 9.55. The lowest BCUT2D eigenvalue weighted by Gasteiger charge is -2.48. The lowest BCUT2D eigenvalue weighted by molar-refractivity contribution is -0.275. The van der Waals surface area contributed by atoms with Gasteiger partial charge in [0, 0.05) is 12.8 Å². The smallest absolute Gasteiger partial charge is 0.397 e. The number of fused-ring (bicyclic) bond motifs is 1. The van der Waals surface area contributed by atoms with E-state index in [0.29, 0.717) is 0 Å². The molecule has 0 aliphatic carbocycles. The maximum atomic E-state index is 11.5. The van der Waals surface area contributed by atoms with Crippen molar-refractivity contribution in [2.45, 2.75) is 62.0 Å². The van der Waals surface area contributed by atoms with Crippen LogP contribution in [0.1, 0.15) is 6.92 Å². The van der Waals surface area contributed by atoms with Crippen LogP contribution in [0.4, 0.5) is 0 Å². The van der Waals surface area contributed by atoms with Gasteiger partial charge in [0.25, 0.3) is 0 Å². The molecule has 33 heavy (non-hydrogen) atoms. The maximum absolute atomic E-state index is 11.5. The molecule has 190 valence electrons. The third-order valence-corrected chi connectivity index (χ3v) is 6.13. The zero-order chi connectivity index (χ0) is 24.9. The van der Waals surface area contributed by atoms with Crippen molar-refractivity contribution in [3.8, 4) is 0 Å². The van der Waals surface area contributed by atoms with Gasteiger partial charge in [0.15, 0.2) is 12.0 Å². The molecule has 0 amide bonds. The minimum Gasteiger partial charge on any atom is -0.479 e. The second kappa shape index (κ2) is 9.26. The molecule has 0 bridgehead atoms. The molecule has 3 aliphatic rings. The molecular formula is C14H21NO16S2. The highest BCUT2D eigenvalue weighted by Gasteiger charge is 2.60. The Balaban J connectivity index is 2.06. The molecular weight excluding hydrogens is 502 g/mol. The Kier molecular flexibility index (Phi) is 7.32. The molecule has 0 aromatic rings. The lowest BCUT2D eigenvalue weighted by atomic mass is 9.78. The van der Waals surface area contributed by atoms with E-state index in [1.165, 1.54) is 6.92 Å². The zero-order valence-corrected chi connectivity index (χ0v) is 18.1. The van der Waals surface area contributed by atoms with Crippen LogP contribution in [-0.4, -0.2) is 120 Å². The Morgan fingerprint density at radius 2 is 1.67 bits per heavy atom. The minimum absolute atomic E-state index is 0.0161. The van der Waals surface area contributed by atoms with Gasteiger partial charge in [-0.05, 0) is 0 Å². The van der Waals surface area contributed by atoms with Gasteiger partial charge in [0.1, 0.15) is 36.6 Å². The van der Waals surface area contributed by atoms with E-state index in [0.717, 1.165) is 0 Å². The highest BCUT2D eigenvalue weighted by molar-refractivity contribution is 7.81. The van der Waals surface area contributed by atoms with Crippen LogP contribution in [0.3, 0.4) is 0 Å². The highest BCUT2D eigenvalue weighted by Crippen LogP contribution is 2.41. The fourth-order valence-electron chi connectivity index (χ4n) is 3.97. The highest BCUT2D eigenvalue weighted by atomic mass is 32.3. The molecule has 10 atom stereocenters. The first-order valence-electron chi connectivity index (χ1n) is 9.15. The largest absolute Gasteiger partial charge is 0.479 e. The summed E-state index contributed by atoms with van der Waals surface area (Å²) in [4.78, 5) is 15.5. The Morgan fingerprint density at radius 1 is 1.03 bits per heavy atom. The molecule has 1 unspecified atom stereocenters. The van der Waals surface area contributed by atoms with E-state index in [4.69, 9.17) is 18.8 Å². The van der Waals surface area contributed by atoms with Crippen molar-refractivity contribution >= 4 is 32.7 Å². The summed E-state index contributed by atoms with van der Waals surface area (Å²) in [6, 6.07) is -1.28. The first kappa shape index (κ1) is 26.1. The Morgan fingerprint density at radius 3 is 2.21 bits per heavy atom. The number of hydrogen-bond donors (Lipinski definition) is 6. The normalized spacial score (nSPS) is 41.7. The Labute approximate surface area is 186 Å². The summed E-state index contributed by atoms with van der Waals surface area (Å²) in [7, 11) is -10.4. The molecule has 3 heterocycles. The van der Waals surface area contributed by atoms with Gasteiger partial charge >= 0.3 is 26.8 Å². The summed E-state index contributed by atoms with van der Waals surface area (Å²) in [5.74, 6) is -3.34. The fourth-order valence-corrected chi connectivity index (χ4v) is 4.81. The summed E-state index contributed by atoms with van der Waals surface area (Å²) in [5.41, 5.74) is 0. The molecule has 0 radical (unpaired) electrons. The van der Waals surface area contributed by atoms with Crippen molar-refractivity contribution in [1.82, 2.24) is 0 Å². The van der Waals surface area contributed by atoms with Crippen molar-refractivity contribution in [2.24, 2.45) is 10.9 Å². The van der Waals surface area contributed by atoms with E-state index in [1.54, 1.807) is 0 Å². The van der Waals surface area contributed by atoms with E-state index in [9.17, 15) is 46.6 Å². The summed E-state index contributed by atoms with van der Waals surface area (Å²) >= 11 is 0. The fraction of sp³-hybridized carbons (Fsp3) is 0.857. The molecule has 3 aliphatic heterocycles. The SMILES string of the molecule is CC1=N[C@@H]2C([C@@H]3O[C@H](C(=O)O)[C@@H](O)[C@H](O)[C@H]3O)[C@@H](OS(=O)(=O)O)[C@@H](COS(=O)(=O)O)O[C@@H]2O1. The van der Waals surface area contributed by atoms with Crippen LogP contribution in [0.2, 0.25) is 0 Å². The maximum Gasteiger partial charge on any atom is 0.397 e. The number of aliphatic imine (C=N–C) groups is 1. The molecule has 0 aromatic carbocycles. The molecule has 0 spiro atoms. The van der Waals surface area contributed by atoms with E-state index in [-0.39, 0.29) is 5.90 Å². The molecule has 6 N–H and O–H groups in total. The van der Waals surface area contributed by atoms with Gasteiger partial charge < -0.3 is 34.6 Å². The third-order valence-electron chi connectivity index (χ3n) is 5.23. The first-order valence-corrected chi connectivity index (χ1v) is 11.9. The van der Waals surface area contributed by atoms with E-state index >= 15 is 0 Å². The number of carboxylic acids is 1. The Hall–Kier alpha value is -1.52.